The van der Waals surface area contributed by atoms with Gasteiger partial charge < -0.3 is 16.0 Å². The van der Waals surface area contributed by atoms with Crippen LogP contribution in [0.15, 0.2) is 18.2 Å². The number of anilines is 2. The summed E-state index contributed by atoms with van der Waals surface area (Å²) in [6.07, 6.45) is 3.38. The Morgan fingerprint density at radius 2 is 1.66 bits per heavy atom. The van der Waals surface area contributed by atoms with Crippen LogP contribution in [0.3, 0.4) is 0 Å². The molecule has 2 fully saturated rings. The fourth-order valence-corrected chi connectivity index (χ4v) is 5.28. The molecular weight excluding hydrogens is 462 g/mol. The molecule has 1 saturated carbocycles. The van der Waals surface area contributed by atoms with E-state index in [9.17, 15) is 17.6 Å². The van der Waals surface area contributed by atoms with Crippen molar-refractivity contribution in [2.24, 2.45) is 0 Å². The highest BCUT2D eigenvalue weighted by Crippen LogP contribution is 2.40. The lowest BCUT2D eigenvalue weighted by molar-refractivity contribution is -0.140. The molecule has 192 valence electrons. The molecule has 0 radical (unpaired) electrons. The van der Waals surface area contributed by atoms with Crippen LogP contribution in [-0.2, 0) is 6.18 Å². The molecule has 1 aliphatic carbocycles. The first-order valence-corrected chi connectivity index (χ1v) is 12.3. The van der Waals surface area contributed by atoms with Gasteiger partial charge in [0.1, 0.15) is 17.5 Å². The third kappa shape index (κ3) is 5.66. The van der Waals surface area contributed by atoms with E-state index in [1.165, 1.54) is 18.9 Å². The molecule has 1 saturated heterocycles. The lowest BCUT2D eigenvalue weighted by atomic mass is 9.99. The largest absolute Gasteiger partial charge is 0.419 e. The summed E-state index contributed by atoms with van der Waals surface area (Å²) in [6.45, 7) is 1.60. The Labute approximate surface area is 203 Å². The van der Waals surface area contributed by atoms with E-state index in [0.717, 1.165) is 63.7 Å². The number of nitrogen functional groups attached to an aromatic ring is 1. The van der Waals surface area contributed by atoms with Crippen molar-refractivity contribution in [1.82, 2.24) is 24.3 Å². The molecule has 2 aromatic rings. The highest BCUT2D eigenvalue weighted by molar-refractivity contribution is 5.56. The van der Waals surface area contributed by atoms with Crippen LogP contribution in [0.4, 0.5) is 41.1 Å². The molecule has 2 aliphatic rings. The third-order valence-corrected chi connectivity index (χ3v) is 7.46. The predicted molar refractivity (Wildman–Crippen MR) is 129 cm³/mol. The van der Waals surface area contributed by atoms with E-state index < -0.39 is 17.6 Å². The van der Waals surface area contributed by atoms with Gasteiger partial charge in [-0.2, -0.15) is 18.2 Å². The minimum atomic E-state index is -4.77. The number of likely N-dealkylation sites (tertiary alicyclic amines) is 1. The third-order valence-electron chi connectivity index (χ3n) is 7.46. The zero-order chi connectivity index (χ0) is 25.2. The first kappa shape index (κ1) is 25.6. The van der Waals surface area contributed by atoms with E-state index in [2.05, 4.69) is 20.2 Å². The number of halogens is 4. The van der Waals surface area contributed by atoms with Crippen LogP contribution in [0, 0.1) is 5.82 Å². The maximum absolute atomic E-state index is 14.7. The molecule has 1 aromatic heterocycles. The fourth-order valence-electron chi connectivity index (χ4n) is 5.28. The second kappa shape index (κ2) is 10.2. The summed E-state index contributed by atoms with van der Waals surface area (Å²) in [4.78, 5) is 15.6. The number of aromatic nitrogens is 3. The van der Waals surface area contributed by atoms with E-state index in [0.29, 0.717) is 17.6 Å². The Bertz CT molecular complexity index is 1020. The van der Waals surface area contributed by atoms with Gasteiger partial charge in [-0.3, -0.25) is 0 Å². The molecule has 0 spiro atoms. The quantitative estimate of drug-likeness (QED) is 0.340. The molecule has 1 atom stereocenters. The molecule has 7 nitrogen and oxygen atoms in total. The molecule has 1 aliphatic heterocycles. The van der Waals surface area contributed by atoms with Gasteiger partial charge in [0.05, 0.1) is 12.6 Å². The van der Waals surface area contributed by atoms with Crippen molar-refractivity contribution in [2.45, 2.75) is 69.6 Å². The van der Waals surface area contributed by atoms with Gasteiger partial charge in [-0.15, -0.1) is 9.97 Å². The average Bonchev–Trinajstić information content (AvgIpc) is 3.06. The van der Waals surface area contributed by atoms with Crippen molar-refractivity contribution in [3.05, 3.63) is 29.6 Å². The monoisotopic (exact) mass is 496 g/mol. The first-order chi connectivity index (χ1) is 16.6. The zero-order valence-electron chi connectivity index (χ0n) is 20.3. The molecule has 0 amide bonds. The Balaban J connectivity index is 1.76. The van der Waals surface area contributed by atoms with Gasteiger partial charge in [0.2, 0.25) is 11.9 Å². The minimum absolute atomic E-state index is 0.0239. The van der Waals surface area contributed by atoms with Gasteiger partial charge in [-0.25, -0.2) is 8.87 Å². The minimum Gasteiger partial charge on any atom is -0.367 e. The van der Waals surface area contributed by atoms with Crippen molar-refractivity contribution >= 4 is 23.5 Å². The van der Waals surface area contributed by atoms with Gasteiger partial charge in [0.25, 0.3) is 0 Å². The Morgan fingerprint density at radius 3 is 2.26 bits per heavy atom. The standard InChI is InChI=1S/C24H34F4N7/c1-34-13-11-17(12-14-34)35(2,18-9-10-19(20(25)15-18)24(26,27)28)23-32-21(29)31-22(33-23)30-16-7-5-3-4-6-8-16/h9-10,15-17H,3-8,11-14H2,1-2H3,(H3,29,30,31,32,33)/q+1. The molecule has 3 N–H and O–H groups in total. The normalized spacial score (nSPS) is 20.9. The van der Waals surface area contributed by atoms with Crippen LogP contribution < -0.4 is 15.5 Å². The van der Waals surface area contributed by atoms with Crippen molar-refractivity contribution in [3.8, 4) is 0 Å². The van der Waals surface area contributed by atoms with E-state index in [-0.39, 0.29) is 22.5 Å². The summed E-state index contributed by atoms with van der Waals surface area (Å²) in [7, 11) is 3.84. The number of nitrogens with two attached hydrogens (primary N) is 1. The van der Waals surface area contributed by atoms with Crippen molar-refractivity contribution < 1.29 is 17.6 Å². The van der Waals surface area contributed by atoms with Gasteiger partial charge in [0, 0.05) is 44.1 Å². The number of nitrogens with zero attached hydrogens (tertiary/aromatic N) is 5. The number of benzene rings is 1. The zero-order valence-corrected chi connectivity index (χ0v) is 20.3. The highest BCUT2D eigenvalue weighted by Gasteiger charge is 2.44. The van der Waals surface area contributed by atoms with E-state index >= 15 is 0 Å². The summed E-state index contributed by atoms with van der Waals surface area (Å²) in [5.41, 5.74) is 5.14. The topological polar surface area (TPSA) is 80.0 Å². The van der Waals surface area contributed by atoms with E-state index in [1.807, 2.05) is 14.1 Å². The van der Waals surface area contributed by atoms with Crippen molar-refractivity contribution in [2.75, 3.05) is 38.2 Å². The Kier molecular flexibility index (Phi) is 7.46. The van der Waals surface area contributed by atoms with E-state index in [1.54, 1.807) is 0 Å². The van der Waals surface area contributed by atoms with Crippen LogP contribution in [-0.4, -0.2) is 59.1 Å². The molecule has 0 bridgehead atoms. The lowest BCUT2D eigenvalue weighted by Gasteiger charge is -2.42. The van der Waals surface area contributed by atoms with Crippen LogP contribution in [0.5, 0.6) is 0 Å². The molecule has 2 heterocycles. The fraction of sp³-hybridized carbons (Fsp3) is 0.625. The number of hydrogen-bond donors (Lipinski definition) is 2. The summed E-state index contributed by atoms with van der Waals surface area (Å²) in [6, 6.07) is 3.22. The van der Waals surface area contributed by atoms with Gasteiger partial charge in [-0.05, 0) is 26.0 Å². The number of quaternary nitrogens is 1. The highest BCUT2D eigenvalue weighted by atomic mass is 19.4. The number of rotatable bonds is 5. The smallest absolute Gasteiger partial charge is 0.367 e. The van der Waals surface area contributed by atoms with Gasteiger partial charge >= 0.3 is 12.1 Å². The van der Waals surface area contributed by atoms with Crippen molar-refractivity contribution in [1.29, 1.82) is 0 Å². The average molecular weight is 497 g/mol. The van der Waals surface area contributed by atoms with Crippen LogP contribution in [0.1, 0.15) is 56.9 Å². The Hall–Kier alpha value is -2.53. The summed E-state index contributed by atoms with van der Waals surface area (Å²) in [5, 5.41) is 3.39. The van der Waals surface area contributed by atoms with Crippen molar-refractivity contribution in [3.63, 3.8) is 0 Å². The number of piperidine rings is 1. The van der Waals surface area contributed by atoms with Gasteiger partial charge in [-0.1, -0.05) is 25.7 Å². The SMILES string of the molecule is CN1CCC([N+](C)(c2ccc(C(F)(F)F)c(F)c2)c2nc(N)nc(NC3CCCCCC3)n2)CC1. The predicted octanol–water partition coefficient (Wildman–Crippen LogP) is 5.11. The van der Waals surface area contributed by atoms with Crippen LogP contribution in [0.2, 0.25) is 0 Å². The molecule has 4 rings (SSSR count). The number of hydrogen-bond acceptors (Lipinski definition) is 6. The van der Waals surface area contributed by atoms with E-state index in [4.69, 9.17) is 10.7 Å². The molecule has 35 heavy (non-hydrogen) atoms. The number of nitrogens with one attached hydrogen (secondary N) is 1. The molecule has 11 heteroatoms. The molecule has 1 unspecified atom stereocenters. The maximum Gasteiger partial charge on any atom is 0.419 e. The van der Waals surface area contributed by atoms with Gasteiger partial charge in [0.15, 0.2) is 0 Å². The van der Waals surface area contributed by atoms with Crippen LogP contribution in [0.25, 0.3) is 0 Å². The maximum atomic E-state index is 14.7. The Morgan fingerprint density at radius 1 is 1.00 bits per heavy atom. The molecular formula is C24H34F4N7+. The lowest BCUT2D eigenvalue weighted by Crippen LogP contribution is -2.54. The number of alkyl halides is 3. The summed E-state index contributed by atoms with van der Waals surface area (Å²) in [5.74, 6) is -0.645. The molecule has 1 aromatic carbocycles. The first-order valence-electron chi connectivity index (χ1n) is 12.3. The summed E-state index contributed by atoms with van der Waals surface area (Å²) >= 11 is 0. The second-order valence-electron chi connectivity index (χ2n) is 9.92. The second-order valence-corrected chi connectivity index (χ2v) is 9.92. The van der Waals surface area contributed by atoms with Crippen LogP contribution >= 0.6 is 0 Å². The summed E-state index contributed by atoms with van der Waals surface area (Å²) < 4.78 is 54.4.